The number of ether oxygens (including phenoxy) is 2. The Labute approximate surface area is 177 Å². The normalized spacial score (nSPS) is 16.1. The molecule has 1 aliphatic rings. The third kappa shape index (κ3) is 4.75. The SMILES string of the molecule is Cc1cccc(OC[C@@H](O)C[n+]2c(N)n(CCN3CCOCC3)c3ccccc32)c1. The largest absolute Gasteiger partial charge is 0.491 e. The number of aromatic nitrogens is 2. The molecule has 0 unspecified atom stereocenters. The zero-order valence-corrected chi connectivity index (χ0v) is 17.5. The van der Waals surface area contributed by atoms with E-state index in [1.807, 2.05) is 54.0 Å². The van der Waals surface area contributed by atoms with Gasteiger partial charge in [0.05, 0.1) is 19.8 Å². The summed E-state index contributed by atoms with van der Waals surface area (Å²) in [6.45, 7) is 7.81. The van der Waals surface area contributed by atoms with Gasteiger partial charge in [-0.3, -0.25) is 10.6 Å². The van der Waals surface area contributed by atoms with Crippen molar-refractivity contribution in [2.24, 2.45) is 0 Å². The Hall–Kier alpha value is -2.61. The molecule has 2 heterocycles. The highest BCUT2D eigenvalue weighted by Gasteiger charge is 2.23. The molecule has 160 valence electrons. The maximum absolute atomic E-state index is 10.6. The highest BCUT2D eigenvalue weighted by Crippen LogP contribution is 2.17. The second kappa shape index (κ2) is 9.47. The van der Waals surface area contributed by atoms with E-state index in [0.29, 0.717) is 12.5 Å². The van der Waals surface area contributed by atoms with Gasteiger partial charge in [0.25, 0.3) is 0 Å². The molecule has 1 aromatic heterocycles. The Bertz CT molecular complexity index is 982. The van der Waals surface area contributed by atoms with Gasteiger partial charge in [-0.1, -0.05) is 24.3 Å². The number of aryl methyl sites for hydroxylation is 1. The van der Waals surface area contributed by atoms with Crippen LogP contribution in [0.25, 0.3) is 11.0 Å². The number of anilines is 1. The molecule has 0 amide bonds. The first-order valence-electron chi connectivity index (χ1n) is 10.6. The van der Waals surface area contributed by atoms with E-state index in [2.05, 4.69) is 15.5 Å². The van der Waals surface area contributed by atoms with Crippen molar-refractivity contribution in [3.8, 4) is 5.75 Å². The predicted molar refractivity (Wildman–Crippen MR) is 116 cm³/mol. The van der Waals surface area contributed by atoms with Crippen molar-refractivity contribution in [3.05, 3.63) is 54.1 Å². The number of para-hydroxylation sites is 2. The first-order valence-corrected chi connectivity index (χ1v) is 10.6. The van der Waals surface area contributed by atoms with Crippen molar-refractivity contribution in [3.63, 3.8) is 0 Å². The van der Waals surface area contributed by atoms with Gasteiger partial charge in [0.2, 0.25) is 0 Å². The van der Waals surface area contributed by atoms with E-state index in [1.54, 1.807) is 0 Å². The number of morpholine rings is 1. The molecule has 1 aliphatic heterocycles. The van der Waals surface area contributed by atoms with E-state index in [9.17, 15) is 5.11 Å². The smallest absolute Gasteiger partial charge is 0.356 e. The van der Waals surface area contributed by atoms with Crippen LogP contribution in [0.2, 0.25) is 0 Å². The lowest BCUT2D eigenvalue weighted by atomic mass is 10.2. The van der Waals surface area contributed by atoms with Crippen LogP contribution in [0.3, 0.4) is 0 Å². The summed E-state index contributed by atoms with van der Waals surface area (Å²) in [5, 5.41) is 10.6. The molecule has 2 aromatic carbocycles. The molecule has 1 atom stereocenters. The van der Waals surface area contributed by atoms with Crippen molar-refractivity contribution in [1.29, 1.82) is 0 Å². The fourth-order valence-corrected chi connectivity index (χ4v) is 3.97. The topological polar surface area (TPSA) is 76.8 Å². The van der Waals surface area contributed by atoms with Crippen LogP contribution in [0.4, 0.5) is 5.95 Å². The Balaban J connectivity index is 1.47. The van der Waals surface area contributed by atoms with Crippen LogP contribution >= 0.6 is 0 Å². The van der Waals surface area contributed by atoms with Crippen molar-refractivity contribution >= 4 is 17.0 Å². The number of nitrogens with two attached hydrogens (primary N) is 1. The van der Waals surface area contributed by atoms with Gasteiger partial charge in [0.1, 0.15) is 36.0 Å². The Morgan fingerprint density at radius 2 is 1.93 bits per heavy atom. The number of aliphatic hydroxyl groups excluding tert-OH is 1. The Kier molecular flexibility index (Phi) is 6.52. The lowest BCUT2D eigenvalue weighted by molar-refractivity contribution is -0.665. The highest BCUT2D eigenvalue weighted by molar-refractivity contribution is 5.73. The molecule has 0 bridgehead atoms. The third-order valence-corrected chi connectivity index (χ3v) is 5.59. The monoisotopic (exact) mass is 411 g/mol. The maximum atomic E-state index is 10.6. The predicted octanol–water partition coefficient (Wildman–Crippen LogP) is 1.59. The number of benzene rings is 2. The molecular formula is C23H31N4O3+. The van der Waals surface area contributed by atoms with E-state index in [1.165, 1.54) is 0 Å². The number of aliphatic hydroxyl groups is 1. The van der Waals surface area contributed by atoms with Crippen molar-refractivity contribution in [1.82, 2.24) is 9.47 Å². The summed E-state index contributed by atoms with van der Waals surface area (Å²) in [4.78, 5) is 2.40. The molecule has 3 N–H and O–H groups in total. The van der Waals surface area contributed by atoms with Gasteiger partial charge < -0.3 is 14.6 Å². The van der Waals surface area contributed by atoms with Gasteiger partial charge in [-0.25, -0.2) is 9.13 Å². The number of hydrogen-bond donors (Lipinski definition) is 2. The molecule has 7 nitrogen and oxygen atoms in total. The number of nitrogen functional groups attached to an aromatic ring is 1. The van der Waals surface area contributed by atoms with Gasteiger partial charge in [0.15, 0.2) is 0 Å². The summed E-state index contributed by atoms with van der Waals surface area (Å²) in [5.41, 5.74) is 9.77. The van der Waals surface area contributed by atoms with Crippen molar-refractivity contribution < 1.29 is 19.1 Å². The molecular weight excluding hydrogens is 380 g/mol. The van der Waals surface area contributed by atoms with Crippen LogP contribution in [-0.2, 0) is 17.8 Å². The van der Waals surface area contributed by atoms with E-state index >= 15 is 0 Å². The summed E-state index contributed by atoms with van der Waals surface area (Å²) < 4.78 is 15.3. The first kappa shape index (κ1) is 20.7. The average molecular weight is 412 g/mol. The number of fused-ring (bicyclic) bond motifs is 1. The van der Waals surface area contributed by atoms with Crippen molar-refractivity contribution in [2.45, 2.75) is 26.1 Å². The minimum Gasteiger partial charge on any atom is -0.491 e. The third-order valence-electron chi connectivity index (χ3n) is 5.59. The van der Waals surface area contributed by atoms with E-state index in [4.69, 9.17) is 15.2 Å². The fourth-order valence-electron chi connectivity index (χ4n) is 3.97. The standard InChI is InChI=1S/C23H30N4O3/c1-18-5-4-6-20(15-18)30-17-19(28)16-27-22-8-3-2-7-21(22)26(23(27)24)10-9-25-11-13-29-14-12-25/h2-8,15,19,24,28H,9-14,16-17H2,1H3/p+1/t19-/m0/s1. The van der Waals surface area contributed by atoms with Crippen LogP contribution in [0.5, 0.6) is 5.75 Å². The highest BCUT2D eigenvalue weighted by atomic mass is 16.5. The van der Waals surface area contributed by atoms with Crippen LogP contribution in [0.1, 0.15) is 5.56 Å². The zero-order chi connectivity index (χ0) is 20.9. The van der Waals surface area contributed by atoms with Gasteiger partial charge in [-0.15, -0.1) is 0 Å². The first-order chi connectivity index (χ1) is 14.6. The molecule has 0 aliphatic carbocycles. The molecule has 30 heavy (non-hydrogen) atoms. The number of hydrogen-bond acceptors (Lipinski definition) is 5. The Morgan fingerprint density at radius 1 is 1.13 bits per heavy atom. The van der Waals surface area contributed by atoms with E-state index < -0.39 is 6.10 Å². The second-order valence-electron chi connectivity index (χ2n) is 7.84. The zero-order valence-electron chi connectivity index (χ0n) is 17.5. The summed E-state index contributed by atoms with van der Waals surface area (Å²) >= 11 is 0. The maximum Gasteiger partial charge on any atom is 0.356 e. The van der Waals surface area contributed by atoms with Gasteiger partial charge >= 0.3 is 5.95 Å². The molecule has 3 aromatic rings. The molecule has 0 radical (unpaired) electrons. The number of rotatable bonds is 8. The minimum absolute atomic E-state index is 0.211. The van der Waals surface area contributed by atoms with Gasteiger partial charge in [-0.05, 0) is 36.8 Å². The quantitative estimate of drug-likeness (QED) is 0.551. The molecule has 0 spiro atoms. The van der Waals surface area contributed by atoms with Crippen LogP contribution in [0.15, 0.2) is 48.5 Å². The van der Waals surface area contributed by atoms with E-state index in [0.717, 1.165) is 61.7 Å². The van der Waals surface area contributed by atoms with Crippen LogP contribution in [-0.4, -0.2) is 60.1 Å². The molecule has 7 heteroatoms. The fraction of sp³-hybridized carbons (Fsp3) is 0.435. The van der Waals surface area contributed by atoms with Crippen molar-refractivity contribution in [2.75, 3.05) is 45.2 Å². The molecule has 1 saturated heterocycles. The minimum atomic E-state index is -0.670. The Morgan fingerprint density at radius 3 is 2.73 bits per heavy atom. The average Bonchev–Trinajstić information content (AvgIpc) is 3.03. The summed E-state index contributed by atoms with van der Waals surface area (Å²) in [5.74, 6) is 1.42. The summed E-state index contributed by atoms with van der Waals surface area (Å²) in [6, 6.07) is 16.0. The summed E-state index contributed by atoms with van der Waals surface area (Å²) in [6.07, 6.45) is -0.670. The van der Waals surface area contributed by atoms with Gasteiger partial charge in [0, 0.05) is 19.6 Å². The van der Waals surface area contributed by atoms with Crippen LogP contribution in [0, 0.1) is 6.92 Å². The molecule has 0 saturated carbocycles. The van der Waals surface area contributed by atoms with Gasteiger partial charge in [-0.2, -0.15) is 0 Å². The number of nitrogens with zero attached hydrogens (tertiary/aromatic N) is 3. The van der Waals surface area contributed by atoms with E-state index in [-0.39, 0.29) is 6.61 Å². The van der Waals surface area contributed by atoms with Crippen LogP contribution < -0.4 is 15.0 Å². The summed E-state index contributed by atoms with van der Waals surface area (Å²) in [7, 11) is 0. The number of imidazole rings is 1. The molecule has 4 rings (SSSR count). The lowest BCUT2D eigenvalue weighted by Crippen LogP contribution is -2.44. The second-order valence-corrected chi connectivity index (χ2v) is 7.84. The molecule has 1 fully saturated rings. The lowest BCUT2D eigenvalue weighted by Gasteiger charge is -2.26.